The summed E-state index contributed by atoms with van der Waals surface area (Å²) >= 11 is 0. The van der Waals surface area contributed by atoms with Crippen LogP contribution in [0.2, 0.25) is 0 Å². The van der Waals surface area contributed by atoms with Crippen LogP contribution < -0.4 is 15.8 Å². The first-order valence-corrected chi connectivity index (χ1v) is 12.7. The molecule has 9 nitrogen and oxygen atoms in total. The summed E-state index contributed by atoms with van der Waals surface area (Å²) < 4.78 is 40.2. The Morgan fingerprint density at radius 1 is 1.20 bits per heavy atom. The molecular formula is C29H31F2N5O4. The molecule has 0 aliphatic heterocycles. The SMILES string of the molecule is COCC=CC(=O)N(C)CCOc1c(N)ncnc1-c1cc(F)cc(NC(=O)c2ccc(C3CC3)cc2F)c1C. The Kier molecular flexibility index (Phi) is 9.05. The fourth-order valence-corrected chi connectivity index (χ4v) is 4.12. The number of hydrogen-bond acceptors (Lipinski definition) is 7. The molecule has 0 unspecified atom stereocenters. The summed E-state index contributed by atoms with van der Waals surface area (Å²) in [5.74, 6) is -1.76. The number of rotatable bonds is 11. The molecule has 1 aliphatic carbocycles. The second-order valence-corrected chi connectivity index (χ2v) is 9.50. The van der Waals surface area contributed by atoms with Gasteiger partial charge in [-0.1, -0.05) is 12.1 Å². The molecular weight excluding hydrogens is 520 g/mol. The highest BCUT2D eigenvalue weighted by Crippen LogP contribution is 2.40. The number of nitrogens with zero attached hydrogens (tertiary/aromatic N) is 3. The number of methoxy groups -OCH3 is 1. The van der Waals surface area contributed by atoms with Crippen molar-refractivity contribution in [2.75, 3.05) is 45.0 Å². The van der Waals surface area contributed by atoms with E-state index < -0.39 is 17.5 Å². The number of ether oxygens (including phenoxy) is 2. The van der Waals surface area contributed by atoms with Gasteiger partial charge in [-0.25, -0.2) is 18.7 Å². The smallest absolute Gasteiger partial charge is 0.258 e. The fraction of sp³-hybridized carbons (Fsp3) is 0.310. The molecule has 1 aromatic heterocycles. The van der Waals surface area contributed by atoms with Crippen LogP contribution in [0.1, 0.15) is 40.2 Å². The molecule has 0 spiro atoms. The lowest BCUT2D eigenvalue weighted by Gasteiger charge is -2.19. The number of nitrogens with one attached hydrogen (secondary N) is 1. The minimum absolute atomic E-state index is 0.0195. The quantitative estimate of drug-likeness (QED) is 0.337. The molecule has 40 heavy (non-hydrogen) atoms. The van der Waals surface area contributed by atoms with Crippen molar-refractivity contribution in [3.05, 3.63) is 77.1 Å². The molecule has 2 aromatic carbocycles. The van der Waals surface area contributed by atoms with E-state index in [-0.39, 0.29) is 47.6 Å². The third-order valence-electron chi connectivity index (χ3n) is 6.57. The molecule has 1 fully saturated rings. The van der Waals surface area contributed by atoms with Gasteiger partial charge >= 0.3 is 0 Å². The second kappa shape index (κ2) is 12.6. The van der Waals surface area contributed by atoms with Crippen LogP contribution >= 0.6 is 0 Å². The van der Waals surface area contributed by atoms with Gasteiger partial charge in [-0.3, -0.25) is 9.59 Å². The Morgan fingerprint density at radius 2 is 1.98 bits per heavy atom. The first-order valence-electron chi connectivity index (χ1n) is 12.7. The minimum atomic E-state index is -0.703. The number of anilines is 2. The molecule has 4 rings (SSSR count). The summed E-state index contributed by atoms with van der Waals surface area (Å²) in [6, 6.07) is 6.95. The van der Waals surface area contributed by atoms with Crippen LogP contribution in [-0.4, -0.2) is 60.6 Å². The minimum Gasteiger partial charge on any atom is -0.486 e. The lowest BCUT2D eigenvalue weighted by atomic mass is 10.0. The molecule has 0 saturated heterocycles. The molecule has 0 atom stereocenters. The van der Waals surface area contributed by atoms with Crippen LogP contribution in [-0.2, 0) is 9.53 Å². The number of nitrogens with two attached hydrogens (primary N) is 1. The number of hydrogen-bond donors (Lipinski definition) is 2. The van der Waals surface area contributed by atoms with Crippen LogP contribution in [0.5, 0.6) is 5.75 Å². The molecule has 1 aliphatic rings. The van der Waals surface area contributed by atoms with Gasteiger partial charge in [0.25, 0.3) is 5.91 Å². The van der Waals surface area contributed by atoms with Gasteiger partial charge in [-0.05, 0) is 61.1 Å². The van der Waals surface area contributed by atoms with Gasteiger partial charge in [0.2, 0.25) is 5.91 Å². The number of aromatic nitrogens is 2. The summed E-state index contributed by atoms with van der Waals surface area (Å²) in [7, 11) is 3.14. The normalized spacial score (nSPS) is 12.9. The molecule has 3 N–H and O–H groups in total. The van der Waals surface area contributed by atoms with E-state index in [0.29, 0.717) is 23.7 Å². The van der Waals surface area contributed by atoms with Gasteiger partial charge in [-0.15, -0.1) is 0 Å². The van der Waals surface area contributed by atoms with Crippen LogP contribution in [0.25, 0.3) is 11.3 Å². The van der Waals surface area contributed by atoms with E-state index in [1.165, 1.54) is 42.6 Å². The highest BCUT2D eigenvalue weighted by Gasteiger charge is 2.25. The van der Waals surface area contributed by atoms with Crippen molar-refractivity contribution >= 4 is 23.3 Å². The zero-order chi connectivity index (χ0) is 28.8. The summed E-state index contributed by atoms with van der Waals surface area (Å²) in [6.07, 6.45) is 6.23. The van der Waals surface area contributed by atoms with Crippen LogP contribution in [0.3, 0.4) is 0 Å². The maximum absolute atomic E-state index is 14.8. The Balaban J connectivity index is 1.54. The average molecular weight is 552 g/mol. The predicted molar refractivity (Wildman–Crippen MR) is 147 cm³/mol. The van der Waals surface area contributed by atoms with Gasteiger partial charge in [0.05, 0.1) is 18.7 Å². The van der Waals surface area contributed by atoms with Crippen molar-refractivity contribution < 1.29 is 27.8 Å². The Hall–Kier alpha value is -4.38. The van der Waals surface area contributed by atoms with E-state index in [1.54, 1.807) is 26.1 Å². The van der Waals surface area contributed by atoms with Crippen molar-refractivity contribution in [3.63, 3.8) is 0 Å². The van der Waals surface area contributed by atoms with E-state index in [4.69, 9.17) is 15.2 Å². The van der Waals surface area contributed by atoms with Crippen molar-refractivity contribution in [3.8, 4) is 17.0 Å². The fourth-order valence-electron chi connectivity index (χ4n) is 4.12. The number of likely N-dealkylation sites (N-methyl/N-ethyl adjacent to an activating group) is 1. The zero-order valence-electron chi connectivity index (χ0n) is 22.5. The predicted octanol–water partition coefficient (Wildman–Crippen LogP) is 4.48. The number of carbonyl (C=O) groups excluding carboxylic acids is 2. The van der Waals surface area contributed by atoms with Gasteiger partial charge in [0.15, 0.2) is 11.6 Å². The molecule has 1 saturated carbocycles. The lowest BCUT2D eigenvalue weighted by molar-refractivity contribution is -0.125. The number of benzene rings is 2. The Bertz CT molecular complexity index is 1440. The Labute approximate surface area is 231 Å². The van der Waals surface area contributed by atoms with Crippen molar-refractivity contribution in [2.45, 2.75) is 25.7 Å². The standard InChI is InChI=1S/C29H31F2N5O4/c1-17-22(26-27(28(32)34-16-33-26)40-12-10-36(2)25(37)5-4-11-39-3)14-20(30)15-24(17)35-29(38)21-9-8-19(13-23(21)31)18-6-7-18/h4-5,8-9,13-16,18H,6-7,10-12H2,1-3H3,(H,35,38)(H2,32,33,34). The molecule has 210 valence electrons. The largest absolute Gasteiger partial charge is 0.486 e. The highest BCUT2D eigenvalue weighted by molar-refractivity contribution is 6.05. The first-order chi connectivity index (χ1) is 19.2. The average Bonchev–Trinajstić information content (AvgIpc) is 3.77. The van der Waals surface area contributed by atoms with E-state index in [2.05, 4.69) is 15.3 Å². The van der Waals surface area contributed by atoms with Crippen molar-refractivity contribution in [1.82, 2.24) is 14.9 Å². The topological polar surface area (TPSA) is 120 Å². The summed E-state index contributed by atoms with van der Waals surface area (Å²) in [6.45, 7) is 2.25. The van der Waals surface area contributed by atoms with Gasteiger partial charge < -0.3 is 25.4 Å². The van der Waals surface area contributed by atoms with Crippen molar-refractivity contribution in [2.24, 2.45) is 0 Å². The van der Waals surface area contributed by atoms with E-state index in [0.717, 1.165) is 24.5 Å². The van der Waals surface area contributed by atoms with Crippen LogP contribution in [0.15, 0.2) is 48.8 Å². The maximum Gasteiger partial charge on any atom is 0.258 e. The molecule has 11 heteroatoms. The molecule has 2 amide bonds. The van der Waals surface area contributed by atoms with Gasteiger partial charge in [-0.2, -0.15) is 0 Å². The molecule has 0 radical (unpaired) electrons. The first kappa shape index (κ1) is 28.6. The third-order valence-corrected chi connectivity index (χ3v) is 6.57. The Morgan fingerprint density at radius 3 is 2.67 bits per heavy atom. The van der Waals surface area contributed by atoms with Gasteiger partial charge in [0.1, 0.15) is 30.3 Å². The molecule has 0 bridgehead atoms. The number of halogens is 2. The van der Waals surface area contributed by atoms with Crippen LogP contribution in [0.4, 0.5) is 20.3 Å². The highest BCUT2D eigenvalue weighted by atomic mass is 19.1. The third kappa shape index (κ3) is 6.78. The van der Waals surface area contributed by atoms with E-state index >= 15 is 0 Å². The lowest BCUT2D eigenvalue weighted by Crippen LogP contribution is -2.29. The molecule has 1 heterocycles. The number of nitrogen functional groups attached to an aromatic ring is 1. The van der Waals surface area contributed by atoms with Crippen molar-refractivity contribution in [1.29, 1.82) is 0 Å². The monoisotopic (exact) mass is 551 g/mol. The van der Waals surface area contributed by atoms with E-state index in [9.17, 15) is 18.4 Å². The number of amides is 2. The maximum atomic E-state index is 14.8. The summed E-state index contributed by atoms with van der Waals surface area (Å²) in [5.41, 5.74) is 7.90. The van der Waals surface area contributed by atoms with Gasteiger partial charge in [0, 0.05) is 31.5 Å². The zero-order valence-corrected chi connectivity index (χ0v) is 22.5. The summed E-state index contributed by atoms with van der Waals surface area (Å²) in [5, 5.41) is 2.61. The van der Waals surface area contributed by atoms with E-state index in [1.807, 2.05) is 0 Å². The van der Waals surface area contributed by atoms with Crippen LogP contribution in [0, 0.1) is 18.6 Å². The molecule has 3 aromatic rings. The summed E-state index contributed by atoms with van der Waals surface area (Å²) in [4.78, 5) is 34.8. The second-order valence-electron chi connectivity index (χ2n) is 9.50. The number of carbonyl (C=O) groups is 2.